The molecule has 0 fully saturated rings. The molecule has 8 heteroatoms. The molecule has 0 saturated heterocycles. The van der Waals surface area contributed by atoms with Crippen molar-refractivity contribution in [2.45, 2.75) is 26.3 Å². The van der Waals surface area contributed by atoms with E-state index in [1.807, 2.05) is 12.1 Å². The van der Waals surface area contributed by atoms with Gasteiger partial charge in [-0.2, -0.15) is 0 Å². The number of H-pyrrole nitrogens is 1. The van der Waals surface area contributed by atoms with E-state index < -0.39 is 11.7 Å². The average Bonchev–Trinajstić information content (AvgIpc) is 2.95. The highest BCUT2D eigenvalue weighted by Crippen LogP contribution is 2.26. The number of fused-ring (bicyclic) bond motifs is 1. The highest BCUT2D eigenvalue weighted by Gasteiger charge is 2.16. The lowest BCUT2D eigenvalue weighted by Gasteiger charge is -2.08. The van der Waals surface area contributed by atoms with Crippen molar-refractivity contribution in [3.8, 4) is 0 Å². The summed E-state index contributed by atoms with van der Waals surface area (Å²) >= 11 is 12.0. The highest BCUT2D eigenvalue weighted by molar-refractivity contribution is 6.42. The number of carbonyl (C=O) groups is 1. The van der Waals surface area contributed by atoms with E-state index in [0.717, 1.165) is 36.1 Å². The van der Waals surface area contributed by atoms with Crippen molar-refractivity contribution >= 4 is 46.0 Å². The topological polar surface area (TPSA) is 78.9 Å². The summed E-state index contributed by atoms with van der Waals surface area (Å²) in [7, 11) is 0. The highest BCUT2D eigenvalue weighted by atomic mass is 35.5. The van der Waals surface area contributed by atoms with Crippen LogP contribution in [0, 0.1) is 0 Å². The number of nitrogens with zero attached hydrogens (tertiary/aromatic N) is 1. The second-order valence-corrected chi connectivity index (χ2v) is 7.02. The molecule has 0 saturated carbocycles. The Labute approximate surface area is 166 Å². The van der Waals surface area contributed by atoms with Crippen LogP contribution in [0.3, 0.4) is 0 Å². The largest absolute Gasteiger partial charge is 0.334 e. The maximum atomic E-state index is 12.6. The molecule has 2 aromatic carbocycles. The minimum atomic E-state index is -0.571. The van der Waals surface area contributed by atoms with Gasteiger partial charge in [0, 0.05) is 12.2 Å². The lowest BCUT2D eigenvalue weighted by molar-refractivity contribution is 0.253. The van der Waals surface area contributed by atoms with E-state index >= 15 is 0 Å². The van der Waals surface area contributed by atoms with Gasteiger partial charge in [-0.05, 0) is 42.8 Å². The maximum absolute atomic E-state index is 12.6. The van der Waals surface area contributed by atoms with E-state index in [-0.39, 0.29) is 5.02 Å². The predicted molar refractivity (Wildman–Crippen MR) is 110 cm³/mol. The van der Waals surface area contributed by atoms with Gasteiger partial charge in [0.05, 0.1) is 21.1 Å². The molecule has 0 aliphatic carbocycles. The molecule has 6 nitrogen and oxygen atoms in total. The Morgan fingerprint density at radius 1 is 1.15 bits per heavy atom. The van der Waals surface area contributed by atoms with Gasteiger partial charge in [-0.15, -0.1) is 0 Å². The molecule has 0 bridgehead atoms. The van der Waals surface area contributed by atoms with Crippen LogP contribution in [0.15, 0.2) is 41.2 Å². The second-order valence-electron chi connectivity index (χ2n) is 6.21. The van der Waals surface area contributed by atoms with Crippen molar-refractivity contribution in [3.05, 3.63) is 62.5 Å². The molecular weight excluding hydrogens is 387 g/mol. The monoisotopic (exact) mass is 406 g/mol. The molecule has 1 aromatic heterocycles. The zero-order chi connectivity index (χ0) is 19.4. The van der Waals surface area contributed by atoms with Crippen LogP contribution in [0.1, 0.15) is 25.3 Å². The van der Waals surface area contributed by atoms with Gasteiger partial charge in [0.2, 0.25) is 0 Å². The molecule has 0 atom stereocenters. The normalized spacial score (nSPS) is 11.1. The molecule has 142 valence electrons. The number of amides is 1. The van der Waals surface area contributed by atoms with Gasteiger partial charge in [-0.25, -0.2) is 14.2 Å². The minimum absolute atomic E-state index is 0.268. The predicted octanol–water partition coefficient (Wildman–Crippen LogP) is 4.61. The lowest BCUT2D eigenvalue weighted by Crippen LogP contribution is -2.29. The summed E-state index contributed by atoms with van der Waals surface area (Å²) < 4.78 is 0.998. The minimum Gasteiger partial charge on any atom is -0.313 e. The number of benzene rings is 2. The fourth-order valence-corrected chi connectivity index (χ4v) is 3.04. The first-order valence-electron chi connectivity index (χ1n) is 8.70. The molecule has 3 rings (SSSR count). The zero-order valence-corrected chi connectivity index (χ0v) is 16.3. The molecule has 27 heavy (non-hydrogen) atoms. The molecule has 1 heterocycles. The molecule has 3 N–H and O–H groups in total. The number of nitrogens with one attached hydrogen (secondary N) is 3. The summed E-state index contributed by atoms with van der Waals surface area (Å²) in [5.74, 6) is 0. The van der Waals surface area contributed by atoms with Crippen molar-refractivity contribution in [1.82, 2.24) is 14.9 Å². The van der Waals surface area contributed by atoms with E-state index in [1.165, 1.54) is 12.1 Å². The Bertz CT molecular complexity index is 1010. The third-order valence-corrected chi connectivity index (χ3v) is 4.89. The quantitative estimate of drug-likeness (QED) is 0.523. The van der Waals surface area contributed by atoms with Crippen molar-refractivity contribution in [1.29, 1.82) is 0 Å². The van der Waals surface area contributed by atoms with Crippen LogP contribution in [-0.2, 0) is 6.54 Å². The van der Waals surface area contributed by atoms with Gasteiger partial charge >= 0.3 is 11.7 Å². The Morgan fingerprint density at radius 3 is 2.56 bits per heavy atom. The third kappa shape index (κ3) is 4.53. The van der Waals surface area contributed by atoms with Crippen LogP contribution in [0.25, 0.3) is 11.0 Å². The van der Waals surface area contributed by atoms with E-state index in [1.54, 1.807) is 12.1 Å². The Balaban J connectivity index is 1.74. The summed E-state index contributed by atoms with van der Waals surface area (Å²) in [4.78, 5) is 27.3. The first kappa shape index (κ1) is 19.5. The third-order valence-electron chi connectivity index (χ3n) is 4.17. The van der Waals surface area contributed by atoms with Gasteiger partial charge < -0.3 is 15.6 Å². The summed E-state index contributed by atoms with van der Waals surface area (Å²) in [6.07, 6.45) is 2.30. The van der Waals surface area contributed by atoms with E-state index in [0.29, 0.717) is 21.7 Å². The van der Waals surface area contributed by atoms with Crippen LogP contribution in [0.4, 0.5) is 10.5 Å². The summed E-state index contributed by atoms with van der Waals surface area (Å²) in [5, 5.41) is 6.66. The van der Waals surface area contributed by atoms with Crippen LogP contribution in [-0.4, -0.2) is 22.1 Å². The number of unbranched alkanes of at least 4 members (excludes halogenated alkanes) is 1. The molecule has 0 spiro atoms. The number of imidazole rings is 1. The fourth-order valence-electron chi connectivity index (χ4n) is 2.72. The number of aromatic amines is 1. The van der Waals surface area contributed by atoms with E-state index in [4.69, 9.17) is 23.2 Å². The summed E-state index contributed by atoms with van der Waals surface area (Å²) in [6.45, 7) is 3.90. The molecule has 0 radical (unpaired) electrons. The number of halogens is 2. The van der Waals surface area contributed by atoms with Gasteiger partial charge in [-0.1, -0.05) is 48.7 Å². The van der Waals surface area contributed by atoms with Crippen LogP contribution in [0.5, 0.6) is 0 Å². The first-order valence-corrected chi connectivity index (χ1v) is 9.46. The molecule has 0 aliphatic rings. The molecule has 3 aromatic rings. The average molecular weight is 407 g/mol. The standard InChI is InChI=1S/C19H20Cl2N4O2/c1-2-3-8-22-11-12-4-6-13(7-5-12)23-18(26)25-17-10-15(21)14(20)9-16(17)24-19(25)27/h4-7,9-10,22H,2-3,8,11H2,1H3,(H,23,26)(H,24,27). The van der Waals surface area contributed by atoms with Gasteiger partial charge in [0.25, 0.3) is 0 Å². The Morgan fingerprint density at radius 2 is 1.85 bits per heavy atom. The SMILES string of the molecule is CCCCNCc1ccc(NC(=O)n2c(=O)[nH]c3cc(Cl)c(Cl)cc32)cc1. The first-order chi connectivity index (χ1) is 13.0. The number of anilines is 1. The molecular formula is C19H20Cl2N4O2. The van der Waals surface area contributed by atoms with E-state index in [2.05, 4.69) is 22.5 Å². The van der Waals surface area contributed by atoms with Crippen LogP contribution < -0.4 is 16.3 Å². The Hall–Kier alpha value is -2.28. The number of hydrogen-bond acceptors (Lipinski definition) is 3. The van der Waals surface area contributed by atoms with E-state index in [9.17, 15) is 9.59 Å². The lowest BCUT2D eigenvalue weighted by atomic mass is 10.2. The smallest absolute Gasteiger partial charge is 0.313 e. The van der Waals surface area contributed by atoms with Crippen molar-refractivity contribution in [3.63, 3.8) is 0 Å². The summed E-state index contributed by atoms with van der Waals surface area (Å²) in [6, 6.07) is 9.91. The number of aromatic nitrogens is 2. The van der Waals surface area contributed by atoms with Crippen molar-refractivity contribution < 1.29 is 4.79 Å². The Kier molecular flexibility index (Phi) is 6.21. The number of rotatable bonds is 6. The van der Waals surface area contributed by atoms with Crippen LogP contribution in [0.2, 0.25) is 10.0 Å². The van der Waals surface area contributed by atoms with Gasteiger partial charge in [0.1, 0.15) is 0 Å². The second kappa shape index (κ2) is 8.61. The number of hydrogen-bond donors (Lipinski definition) is 3. The van der Waals surface area contributed by atoms with Crippen molar-refractivity contribution in [2.24, 2.45) is 0 Å². The molecule has 0 unspecified atom stereocenters. The van der Waals surface area contributed by atoms with Gasteiger partial charge in [0.15, 0.2) is 0 Å². The van der Waals surface area contributed by atoms with Crippen LogP contribution >= 0.6 is 23.2 Å². The molecule has 0 aliphatic heterocycles. The van der Waals surface area contributed by atoms with Crippen molar-refractivity contribution in [2.75, 3.05) is 11.9 Å². The maximum Gasteiger partial charge on any atom is 0.334 e. The molecule has 1 amide bonds. The number of carbonyl (C=O) groups excluding carboxylic acids is 1. The summed E-state index contributed by atoms with van der Waals surface area (Å²) in [5.41, 5.74) is 1.97. The fraction of sp³-hybridized carbons (Fsp3) is 0.263. The van der Waals surface area contributed by atoms with Gasteiger partial charge in [-0.3, -0.25) is 0 Å². The zero-order valence-electron chi connectivity index (χ0n) is 14.8.